The first kappa shape index (κ1) is 14.1. The lowest BCUT2D eigenvalue weighted by molar-refractivity contribution is 0.321. The second-order valence-electron chi connectivity index (χ2n) is 6.90. The normalized spacial score (nSPS) is 23.7. The molecule has 2 aliphatic carbocycles. The fraction of sp³-hybridized carbons (Fsp3) is 0.824. The van der Waals surface area contributed by atoms with Crippen molar-refractivity contribution >= 4 is 0 Å². The van der Waals surface area contributed by atoms with E-state index in [0.717, 1.165) is 13.0 Å². The zero-order valence-corrected chi connectivity index (χ0v) is 13.1. The van der Waals surface area contributed by atoms with Crippen molar-refractivity contribution in [3.05, 3.63) is 18.0 Å². The van der Waals surface area contributed by atoms with Gasteiger partial charge in [-0.2, -0.15) is 5.10 Å². The van der Waals surface area contributed by atoms with Gasteiger partial charge in [-0.15, -0.1) is 0 Å². The lowest BCUT2D eigenvalue weighted by atomic mass is 9.92. The van der Waals surface area contributed by atoms with Crippen molar-refractivity contribution in [1.82, 2.24) is 15.1 Å². The van der Waals surface area contributed by atoms with Crippen LogP contribution in [0, 0.1) is 5.41 Å². The zero-order chi connectivity index (χ0) is 14.0. The molecular weight excluding hydrogens is 246 g/mol. The first-order chi connectivity index (χ1) is 9.73. The van der Waals surface area contributed by atoms with E-state index < -0.39 is 0 Å². The summed E-state index contributed by atoms with van der Waals surface area (Å²) < 4.78 is 2.25. The van der Waals surface area contributed by atoms with Crippen molar-refractivity contribution in [2.45, 2.75) is 77.3 Å². The second kappa shape index (κ2) is 5.88. The third kappa shape index (κ3) is 2.93. The Morgan fingerprint density at radius 1 is 1.35 bits per heavy atom. The summed E-state index contributed by atoms with van der Waals surface area (Å²) in [6.45, 7) is 5.61. The molecule has 1 aromatic heterocycles. The molecule has 0 aromatic carbocycles. The molecule has 3 nitrogen and oxygen atoms in total. The molecule has 1 heterocycles. The van der Waals surface area contributed by atoms with Crippen molar-refractivity contribution in [2.75, 3.05) is 6.54 Å². The molecule has 112 valence electrons. The lowest BCUT2D eigenvalue weighted by Crippen LogP contribution is -2.36. The summed E-state index contributed by atoms with van der Waals surface area (Å²) in [4.78, 5) is 0. The van der Waals surface area contributed by atoms with E-state index in [1.807, 2.05) is 0 Å². The highest BCUT2D eigenvalue weighted by molar-refractivity contribution is 5.11. The van der Waals surface area contributed by atoms with Crippen molar-refractivity contribution in [1.29, 1.82) is 0 Å². The second-order valence-corrected chi connectivity index (χ2v) is 6.90. The van der Waals surface area contributed by atoms with E-state index in [1.165, 1.54) is 50.6 Å². The third-order valence-electron chi connectivity index (χ3n) is 5.47. The molecule has 1 aromatic rings. The van der Waals surface area contributed by atoms with Gasteiger partial charge in [0.15, 0.2) is 0 Å². The average Bonchev–Trinajstić information content (AvgIpc) is 3.10. The maximum absolute atomic E-state index is 4.89. The minimum Gasteiger partial charge on any atom is -0.314 e. The molecule has 1 atom stereocenters. The highest BCUT2D eigenvalue weighted by atomic mass is 15.3. The van der Waals surface area contributed by atoms with Crippen LogP contribution >= 0.6 is 0 Å². The van der Waals surface area contributed by atoms with Crippen LogP contribution in [0.4, 0.5) is 0 Å². The summed E-state index contributed by atoms with van der Waals surface area (Å²) in [5.74, 6) is 0. The van der Waals surface area contributed by atoms with Crippen LogP contribution in [0.15, 0.2) is 12.3 Å². The Labute approximate surface area is 123 Å². The largest absolute Gasteiger partial charge is 0.314 e. The van der Waals surface area contributed by atoms with Crippen molar-refractivity contribution in [3.63, 3.8) is 0 Å². The van der Waals surface area contributed by atoms with Crippen LogP contribution in [-0.2, 0) is 6.42 Å². The molecule has 0 bridgehead atoms. The molecule has 3 heteroatoms. The van der Waals surface area contributed by atoms with Crippen LogP contribution in [0.5, 0.6) is 0 Å². The third-order valence-corrected chi connectivity index (χ3v) is 5.47. The predicted molar refractivity (Wildman–Crippen MR) is 82.9 cm³/mol. The predicted octanol–water partition coefficient (Wildman–Crippen LogP) is 3.71. The number of hydrogen-bond donors (Lipinski definition) is 1. The van der Waals surface area contributed by atoms with Crippen molar-refractivity contribution in [2.24, 2.45) is 5.41 Å². The van der Waals surface area contributed by atoms with Gasteiger partial charge < -0.3 is 5.32 Å². The highest BCUT2D eigenvalue weighted by Gasteiger charge is 2.47. The zero-order valence-electron chi connectivity index (χ0n) is 13.1. The Bertz CT molecular complexity index is 427. The lowest BCUT2D eigenvalue weighted by Gasteiger charge is -2.24. The van der Waals surface area contributed by atoms with Crippen LogP contribution in [-0.4, -0.2) is 22.4 Å². The summed E-state index contributed by atoms with van der Waals surface area (Å²) >= 11 is 0. The van der Waals surface area contributed by atoms with Gasteiger partial charge in [-0.1, -0.05) is 26.2 Å². The van der Waals surface area contributed by atoms with Crippen molar-refractivity contribution in [3.8, 4) is 0 Å². The summed E-state index contributed by atoms with van der Waals surface area (Å²) in [7, 11) is 0. The minimum absolute atomic E-state index is 0.488. The topological polar surface area (TPSA) is 29.9 Å². The van der Waals surface area contributed by atoms with Crippen LogP contribution in [0.25, 0.3) is 0 Å². The molecular formula is C17H29N3. The molecule has 2 fully saturated rings. The van der Waals surface area contributed by atoms with Crippen LogP contribution in [0.1, 0.15) is 70.5 Å². The fourth-order valence-corrected chi connectivity index (χ4v) is 3.83. The van der Waals surface area contributed by atoms with Crippen LogP contribution in [0.3, 0.4) is 0 Å². The molecule has 3 rings (SSSR count). The summed E-state index contributed by atoms with van der Waals surface area (Å²) in [5.41, 5.74) is 1.79. The maximum atomic E-state index is 4.89. The Morgan fingerprint density at radius 3 is 2.75 bits per heavy atom. The van der Waals surface area contributed by atoms with E-state index in [9.17, 15) is 0 Å². The number of aromatic nitrogens is 2. The van der Waals surface area contributed by atoms with Gasteiger partial charge in [0.25, 0.3) is 0 Å². The Hall–Kier alpha value is -0.830. The Kier molecular flexibility index (Phi) is 4.16. The first-order valence-corrected chi connectivity index (χ1v) is 8.51. The quantitative estimate of drug-likeness (QED) is 0.857. The molecule has 0 amide bonds. The van der Waals surface area contributed by atoms with Gasteiger partial charge in [0.1, 0.15) is 0 Å². The smallest absolute Gasteiger partial charge is 0.0630 e. The number of hydrogen-bond acceptors (Lipinski definition) is 2. The molecule has 20 heavy (non-hydrogen) atoms. The van der Waals surface area contributed by atoms with E-state index in [0.29, 0.717) is 17.5 Å². The molecule has 1 N–H and O–H groups in total. The molecule has 2 saturated carbocycles. The molecule has 0 spiro atoms. The molecule has 2 aliphatic rings. The van der Waals surface area contributed by atoms with Gasteiger partial charge in [0.05, 0.1) is 11.7 Å². The van der Waals surface area contributed by atoms with E-state index in [4.69, 9.17) is 5.10 Å². The molecule has 0 aliphatic heterocycles. The first-order valence-electron chi connectivity index (χ1n) is 8.51. The summed E-state index contributed by atoms with van der Waals surface area (Å²) in [6.07, 6.45) is 12.9. The van der Waals surface area contributed by atoms with Gasteiger partial charge in [0, 0.05) is 12.2 Å². The van der Waals surface area contributed by atoms with Crippen molar-refractivity contribution < 1.29 is 0 Å². The molecule has 0 radical (unpaired) electrons. The van der Waals surface area contributed by atoms with Crippen LogP contribution in [0.2, 0.25) is 0 Å². The van der Waals surface area contributed by atoms with E-state index in [1.54, 1.807) is 0 Å². The Morgan fingerprint density at radius 2 is 2.10 bits per heavy atom. The van der Waals surface area contributed by atoms with Crippen LogP contribution < -0.4 is 5.32 Å². The number of rotatable bonds is 6. The SMILES string of the molecule is CCNC(C)C1(Cc2ccn(C3CCCCC3)n2)CC1. The van der Waals surface area contributed by atoms with Gasteiger partial charge in [-0.25, -0.2) is 0 Å². The summed E-state index contributed by atoms with van der Waals surface area (Å²) in [5, 5.41) is 8.49. The molecule has 1 unspecified atom stereocenters. The fourth-order valence-electron chi connectivity index (χ4n) is 3.83. The Balaban J connectivity index is 1.62. The number of nitrogens with one attached hydrogen (secondary N) is 1. The standard InChI is InChI=1S/C17H29N3/c1-3-18-14(2)17(10-11-17)13-15-9-12-20(19-15)16-7-5-4-6-8-16/h9,12,14,16,18H,3-8,10-11,13H2,1-2H3. The van der Waals surface area contributed by atoms with Gasteiger partial charge in [0.2, 0.25) is 0 Å². The van der Waals surface area contributed by atoms with E-state index >= 15 is 0 Å². The van der Waals surface area contributed by atoms with E-state index in [2.05, 4.69) is 36.1 Å². The van der Waals surface area contributed by atoms with E-state index in [-0.39, 0.29) is 0 Å². The maximum Gasteiger partial charge on any atom is 0.0630 e. The highest BCUT2D eigenvalue weighted by Crippen LogP contribution is 2.51. The minimum atomic E-state index is 0.488. The van der Waals surface area contributed by atoms with Gasteiger partial charge in [-0.05, 0) is 57.1 Å². The average molecular weight is 275 g/mol. The monoisotopic (exact) mass is 275 g/mol. The van der Waals surface area contributed by atoms with Gasteiger partial charge >= 0.3 is 0 Å². The molecule has 0 saturated heterocycles. The number of nitrogens with zero attached hydrogens (tertiary/aromatic N) is 2. The van der Waals surface area contributed by atoms with Gasteiger partial charge in [-0.3, -0.25) is 4.68 Å². The summed E-state index contributed by atoms with van der Waals surface area (Å²) in [6, 6.07) is 3.54.